The lowest BCUT2D eigenvalue weighted by atomic mass is 10.2. The first-order chi connectivity index (χ1) is 8.72. The topological polar surface area (TPSA) is 26.0 Å². The van der Waals surface area contributed by atoms with E-state index in [9.17, 15) is 0 Å². The zero-order valence-electron chi connectivity index (χ0n) is 9.70. The van der Waals surface area contributed by atoms with Crippen LogP contribution in [0.5, 0.6) is 0 Å². The van der Waals surface area contributed by atoms with Crippen molar-refractivity contribution in [3.8, 4) is 0 Å². The van der Waals surface area contributed by atoms with Crippen molar-refractivity contribution in [1.29, 1.82) is 0 Å². The van der Waals surface area contributed by atoms with Crippen LogP contribution in [0.2, 0.25) is 10.0 Å². The molecule has 0 saturated heterocycles. The molecule has 0 radical (unpaired) electrons. The molecule has 2 rings (SSSR count). The Labute approximate surface area is 121 Å². The summed E-state index contributed by atoms with van der Waals surface area (Å²) in [6, 6.07) is 13.6. The second kappa shape index (κ2) is 6.48. The van der Waals surface area contributed by atoms with Crippen LogP contribution in [0.1, 0.15) is 11.1 Å². The van der Waals surface area contributed by atoms with Crippen molar-refractivity contribution in [1.82, 2.24) is 0 Å². The number of nitrogens with two attached hydrogens (primary N) is 1. The number of hydrogen-bond donors (Lipinski definition) is 1. The molecule has 0 amide bonds. The van der Waals surface area contributed by atoms with E-state index in [0.29, 0.717) is 6.54 Å². The number of rotatable bonds is 4. The molecule has 0 aliphatic rings. The molecule has 4 heteroatoms. The summed E-state index contributed by atoms with van der Waals surface area (Å²) in [6.45, 7) is 0.491. The minimum absolute atomic E-state index is 0.491. The number of benzene rings is 2. The lowest BCUT2D eigenvalue weighted by Crippen LogP contribution is -1.98. The first-order valence-corrected chi connectivity index (χ1v) is 7.30. The molecule has 18 heavy (non-hydrogen) atoms. The molecule has 0 aliphatic carbocycles. The molecule has 0 spiro atoms. The molecular formula is C14H13Cl2NS. The third-order valence-electron chi connectivity index (χ3n) is 2.60. The smallest absolute Gasteiger partial charge is 0.0545 e. The van der Waals surface area contributed by atoms with E-state index in [1.54, 1.807) is 11.8 Å². The maximum Gasteiger partial charge on any atom is 0.0545 e. The molecule has 0 aliphatic heterocycles. The van der Waals surface area contributed by atoms with Crippen LogP contribution in [0.3, 0.4) is 0 Å². The Morgan fingerprint density at radius 2 is 1.56 bits per heavy atom. The van der Waals surface area contributed by atoms with E-state index in [1.165, 1.54) is 0 Å². The first kappa shape index (κ1) is 13.8. The Bertz CT molecular complexity index is 543. The molecule has 0 atom stereocenters. The fourth-order valence-electron chi connectivity index (χ4n) is 1.64. The highest BCUT2D eigenvalue weighted by Gasteiger charge is 2.08. The molecule has 2 N–H and O–H groups in total. The summed E-state index contributed by atoms with van der Waals surface area (Å²) < 4.78 is 0. The second-order valence-corrected chi connectivity index (χ2v) is 5.61. The van der Waals surface area contributed by atoms with Gasteiger partial charge < -0.3 is 5.73 Å². The normalized spacial score (nSPS) is 10.6. The summed E-state index contributed by atoms with van der Waals surface area (Å²) >= 11 is 14.0. The van der Waals surface area contributed by atoms with Gasteiger partial charge >= 0.3 is 0 Å². The monoisotopic (exact) mass is 297 g/mol. The zero-order chi connectivity index (χ0) is 13.0. The molecule has 94 valence electrons. The Balaban J connectivity index is 2.18. The van der Waals surface area contributed by atoms with Crippen LogP contribution in [0, 0.1) is 0 Å². The van der Waals surface area contributed by atoms with Crippen molar-refractivity contribution in [2.75, 3.05) is 0 Å². The minimum Gasteiger partial charge on any atom is -0.326 e. The predicted octanol–water partition coefficient (Wildman–Crippen LogP) is 4.74. The van der Waals surface area contributed by atoms with Gasteiger partial charge in [-0.25, -0.2) is 0 Å². The third kappa shape index (κ3) is 3.21. The minimum atomic E-state index is 0.491. The average Bonchev–Trinajstić information content (AvgIpc) is 2.39. The van der Waals surface area contributed by atoms with Gasteiger partial charge in [0.05, 0.1) is 5.02 Å². The van der Waals surface area contributed by atoms with Crippen LogP contribution in [-0.2, 0) is 12.3 Å². The maximum absolute atomic E-state index is 6.20. The Morgan fingerprint density at radius 3 is 2.28 bits per heavy atom. The van der Waals surface area contributed by atoms with E-state index >= 15 is 0 Å². The maximum atomic E-state index is 6.20. The molecule has 1 nitrogen and oxygen atoms in total. The zero-order valence-corrected chi connectivity index (χ0v) is 12.0. The summed E-state index contributed by atoms with van der Waals surface area (Å²) in [6.07, 6.45) is 0. The lowest BCUT2D eigenvalue weighted by molar-refractivity contribution is 1.03. The van der Waals surface area contributed by atoms with Gasteiger partial charge in [-0.1, -0.05) is 53.5 Å². The van der Waals surface area contributed by atoms with Gasteiger partial charge in [-0.15, -0.1) is 11.8 Å². The highest BCUT2D eigenvalue weighted by Crippen LogP contribution is 2.34. The van der Waals surface area contributed by atoms with Crippen molar-refractivity contribution in [3.63, 3.8) is 0 Å². The first-order valence-electron chi connectivity index (χ1n) is 5.56. The summed E-state index contributed by atoms with van der Waals surface area (Å²) in [5, 5.41) is 1.53. The van der Waals surface area contributed by atoms with E-state index in [-0.39, 0.29) is 0 Å². The summed E-state index contributed by atoms with van der Waals surface area (Å²) in [5.41, 5.74) is 7.89. The highest BCUT2D eigenvalue weighted by molar-refractivity contribution is 7.98. The molecular weight excluding hydrogens is 285 g/mol. The Kier molecular flexibility index (Phi) is 4.95. The van der Waals surface area contributed by atoms with Crippen LogP contribution >= 0.6 is 35.0 Å². The van der Waals surface area contributed by atoms with Crippen LogP contribution in [0.25, 0.3) is 0 Å². The van der Waals surface area contributed by atoms with Gasteiger partial charge in [-0.3, -0.25) is 0 Å². The molecule has 0 heterocycles. The fraction of sp³-hybridized carbons (Fsp3) is 0.143. The van der Waals surface area contributed by atoms with Crippen LogP contribution < -0.4 is 5.73 Å². The van der Waals surface area contributed by atoms with Crippen molar-refractivity contribution < 1.29 is 0 Å². The van der Waals surface area contributed by atoms with Gasteiger partial charge in [0, 0.05) is 22.2 Å². The molecule has 2 aromatic rings. The van der Waals surface area contributed by atoms with Gasteiger partial charge in [-0.2, -0.15) is 0 Å². The summed E-state index contributed by atoms with van der Waals surface area (Å²) in [5.74, 6) is 0.788. The second-order valence-electron chi connectivity index (χ2n) is 3.81. The molecule has 2 aromatic carbocycles. The SMILES string of the molecule is NCc1cccc(Cl)c1SCc1ccccc1Cl. The van der Waals surface area contributed by atoms with Crippen molar-refractivity contribution in [2.45, 2.75) is 17.2 Å². The Morgan fingerprint density at radius 1 is 0.889 bits per heavy atom. The van der Waals surface area contributed by atoms with Crippen molar-refractivity contribution in [3.05, 3.63) is 63.6 Å². The summed E-state index contributed by atoms with van der Waals surface area (Å²) in [4.78, 5) is 1.04. The number of thioether (sulfide) groups is 1. The van der Waals surface area contributed by atoms with E-state index in [1.807, 2.05) is 42.5 Å². The van der Waals surface area contributed by atoms with E-state index in [2.05, 4.69) is 0 Å². The molecule has 0 saturated carbocycles. The van der Waals surface area contributed by atoms with Crippen molar-refractivity contribution >= 4 is 35.0 Å². The third-order valence-corrected chi connectivity index (χ3v) is 4.62. The number of halogens is 2. The van der Waals surface area contributed by atoms with Gasteiger partial charge in [0.1, 0.15) is 0 Å². The molecule has 0 bridgehead atoms. The molecule has 0 fully saturated rings. The standard InChI is InChI=1S/C14H13Cl2NS/c15-12-6-2-1-4-11(12)9-18-14-10(8-17)5-3-7-13(14)16/h1-7H,8-9,17H2. The summed E-state index contributed by atoms with van der Waals surface area (Å²) in [7, 11) is 0. The van der Waals surface area contributed by atoms with E-state index < -0.39 is 0 Å². The quantitative estimate of drug-likeness (QED) is 0.825. The van der Waals surface area contributed by atoms with Crippen LogP contribution in [0.15, 0.2) is 47.4 Å². The van der Waals surface area contributed by atoms with Gasteiger partial charge in [-0.05, 0) is 23.3 Å². The fourth-order valence-corrected chi connectivity index (χ4v) is 3.38. The average molecular weight is 298 g/mol. The van der Waals surface area contributed by atoms with Crippen LogP contribution in [0.4, 0.5) is 0 Å². The van der Waals surface area contributed by atoms with Gasteiger partial charge in [0.25, 0.3) is 0 Å². The van der Waals surface area contributed by atoms with E-state index in [4.69, 9.17) is 28.9 Å². The largest absolute Gasteiger partial charge is 0.326 e. The molecule has 0 unspecified atom stereocenters. The van der Waals surface area contributed by atoms with Crippen molar-refractivity contribution in [2.24, 2.45) is 5.73 Å². The molecule has 0 aromatic heterocycles. The Hall–Kier alpha value is -0.670. The highest BCUT2D eigenvalue weighted by atomic mass is 35.5. The predicted molar refractivity (Wildman–Crippen MR) is 80.4 cm³/mol. The van der Waals surface area contributed by atoms with Gasteiger partial charge in [0.15, 0.2) is 0 Å². The van der Waals surface area contributed by atoms with Crippen LogP contribution in [-0.4, -0.2) is 0 Å². The van der Waals surface area contributed by atoms with Gasteiger partial charge in [0.2, 0.25) is 0 Å². The lowest BCUT2D eigenvalue weighted by Gasteiger charge is -2.10. The number of hydrogen-bond acceptors (Lipinski definition) is 2. The van der Waals surface area contributed by atoms with E-state index in [0.717, 1.165) is 31.8 Å².